The molecule has 0 amide bonds. The average molecular weight is 306 g/mol. The van der Waals surface area contributed by atoms with E-state index in [2.05, 4.69) is 6.07 Å². The van der Waals surface area contributed by atoms with Gasteiger partial charge in [-0.05, 0) is 38.8 Å². The molecule has 5 nitrogen and oxygen atoms in total. The Bertz CT molecular complexity index is 525. The fourth-order valence-corrected chi connectivity index (χ4v) is 2.65. The number of carbonyl (C=O) groups excluding carboxylic acids is 1. The van der Waals surface area contributed by atoms with E-state index in [9.17, 15) is 4.79 Å². The largest absolute Gasteiger partial charge is 0.496 e. The van der Waals surface area contributed by atoms with Crippen molar-refractivity contribution < 1.29 is 14.4 Å². The van der Waals surface area contributed by atoms with Gasteiger partial charge in [0.1, 0.15) is 5.75 Å². The van der Waals surface area contributed by atoms with Gasteiger partial charge in [-0.15, -0.1) is 5.06 Å². The third kappa shape index (κ3) is 3.78. The first kappa shape index (κ1) is 16.8. The summed E-state index contributed by atoms with van der Waals surface area (Å²) in [5.41, 5.74) is 6.94. The van der Waals surface area contributed by atoms with Gasteiger partial charge in [-0.3, -0.25) is 0 Å². The molecule has 2 rings (SSSR count). The van der Waals surface area contributed by atoms with Gasteiger partial charge in [0.2, 0.25) is 0 Å². The van der Waals surface area contributed by atoms with E-state index in [0.717, 1.165) is 17.7 Å². The van der Waals surface area contributed by atoms with Crippen molar-refractivity contribution in [2.45, 2.75) is 39.2 Å². The van der Waals surface area contributed by atoms with Gasteiger partial charge in [-0.25, -0.2) is 4.79 Å². The molecule has 2 unspecified atom stereocenters. The molecule has 1 aromatic rings. The van der Waals surface area contributed by atoms with Gasteiger partial charge in [0.05, 0.1) is 19.1 Å². The Labute approximate surface area is 132 Å². The molecule has 0 saturated carbocycles. The lowest BCUT2D eigenvalue weighted by Crippen LogP contribution is -2.48. The summed E-state index contributed by atoms with van der Waals surface area (Å²) in [5.74, 6) is 0.847. The molecule has 0 bridgehead atoms. The highest BCUT2D eigenvalue weighted by molar-refractivity contribution is 5.75. The van der Waals surface area contributed by atoms with Crippen LogP contribution in [0, 0.1) is 5.41 Å². The second-order valence-electron chi connectivity index (χ2n) is 6.82. The molecule has 1 saturated heterocycles. The minimum atomic E-state index is -0.510. The summed E-state index contributed by atoms with van der Waals surface area (Å²) in [6.07, 6.45) is 0.832. The average Bonchev–Trinajstić information content (AvgIpc) is 2.46. The van der Waals surface area contributed by atoms with E-state index in [0.29, 0.717) is 13.1 Å². The molecular weight excluding hydrogens is 280 g/mol. The number of hydrogen-bond donors (Lipinski definition) is 1. The first-order chi connectivity index (χ1) is 10.3. The normalized spacial score (nSPS) is 23.1. The summed E-state index contributed by atoms with van der Waals surface area (Å²) >= 11 is 0. The van der Waals surface area contributed by atoms with Crippen molar-refractivity contribution in [2.24, 2.45) is 11.1 Å². The van der Waals surface area contributed by atoms with Crippen LogP contribution in [0.5, 0.6) is 5.75 Å². The Morgan fingerprint density at radius 3 is 2.59 bits per heavy atom. The SMILES string of the molecule is COc1ccccc1C1CCN(OC(=O)C(C)(C)C)CC1N. The molecular formula is C17H26N2O3. The van der Waals surface area contributed by atoms with Gasteiger partial charge in [-0.1, -0.05) is 18.2 Å². The molecule has 122 valence electrons. The number of rotatable bonds is 3. The third-order valence-electron chi connectivity index (χ3n) is 3.98. The number of piperidine rings is 1. The second kappa shape index (κ2) is 6.67. The Hall–Kier alpha value is -1.59. The molecule has 1 aliphatic rings. The number of hydroxylamine groups is 2. The summed E-state index contributed by atoms with van der Waals surface area (Å²) < 4.78 is 5.43. The van der Waals surface area contributed by atoms with Crippen molar-refractivity contribution in [3.8, 4) is 5.75 Å². The van der Waals surface area contributed by atoms with Crippen molar-refractivity contribution in [2.75, 3.05) is 20.2 Å². The van der Waals surface area contributed by atoms with Crippen LogP contribution in [0.15, 0.2) is 24.3 Å². The summed E-state index contributed by atoms with van der Waals surface area (Å²) in [7, 11) is 1.67. The van der Waals surface area contributed by atoms with E-state index >= 15 is 0 Å². The van der Waals surface area contributed by atoms with Gasteiger partial charge in [-0.2, -0.15) is 0 Å². The lowest BCUT2D eigenvalue weighted by atomic mass is 9.86. The zero-order valence-electron chi connectivity index (χ0n) is 13.8. The molecule has 1 aliphatic heterocycles. The van der Waals surface area contributed by atoms with Crippen LogP contribution in [0.25, 0.3) is 0 Å². The smallest absolute Gasteiger partial charge is 0.330 e. The molecule has 2 atom stereocenters. The van der Waals surface area contributed by atoms with Crippen LogP contribution in [-0.2, 0) is 9.63 Å². The Morgan fingerprint density at radius 2 is 2.00 bits per heavy atom. The van der Waals surface area contributed by atoms with Crippen LogP contribution < -0.4 is 10.5 Å². The van der Waals surface area contributed by atoms with Gasteiger partial charge in [0.15, 0.2) is 0 Å². The van der Waals surface area contributed by atoms with Gasteiger partial charge < -0.3 is 15.3 Å². The van der Waals surface area contributed by atoms with E-state index in [1.807, 2.05) is 39.0 Å². The van der Waals surface area contributed by atoms with Crippen LogP contribution in [0.2, 0.25) is 0 Å². The van der Waals surface area contributed by atoms with Crippen LogP contribution in [-0.4, -0.2) is 37.3 Å². The predicted molar refractivity (Wildman–Crippen MR) is 85.4 cm³/mol. The van der Waals surface area contributed by atoms with E-state index < -0.39 is 5.41 Å². The maximum Gasteiger partial charge on any atom is 0.330 e. The molecule has 22 heavy (non-hydrogen) atoms. The monoisotopic (exact) mass is 306 g/mol. The first-order valence-electron chi connectivity index (χ1n) is 7.68. The van der Waals surface area contributed by atoms with Crippen molar-refractivity contribution in [1.82, 2.24) is 5.06 Å². The Balaban J connectivity index is 2.03. The number of para-hydroxylation sites is 1. The zero-order chi connectivity index (χ0) is 16.3. The molecule has 1 aromatic carbocycles. The fraction of sp³-hybridized carbons (Fsp3) is 0.588. The molecule has 5 heteroatoms. The number of hydrogen-bond acceptors (Lipinski definition) is 5. The van der Waals surface area contributed by atoms with Crippen LogP contribution >= 0.6 is 0 Å². The quantitative estimate of drug-likeness (QED) is 0.928. The number of nitrogens with zero attached hydrogens (tertiary/aromatic N) is 1. The molecule has 1 fully saturated rings. The Kier molecular flexibility index (Phi) is 5.08. The van der Waals surface area contributed by atoms with Crippen molar-refractivity contribution in [3.05, 3.63) is 29.8 Å². The standard InChI is InChI=1S/C17H26N2O3/c1-17(2,3)16(20)22-19-10-9-12(14(18)11-19)13-7-5-6-8-15(13)21-4/h5-8,12,14H,9-11,18H2,1-4H3. The number of benzene rings is 1. The van der Waals surface area contributed by atoms with E-state index in [1.54, 1.807) is 12.2 Å². The minimum absolute atomic E-state index is 0.0992. The lowest BCUT2D eigenvalue weighted by molar-refractivity contribution is -0.205. The maximum atomic E-state index is 12.0. The topological polar surface area (TPSA) is 64.8 Å². The first-order valence-corrected chi connectivity index (χ1v) is 7.68. The van der Waals surface area contributed by atoms with Gasteiger partial charge in [0, 0.05) is 18.5 Å². The van der Waals surface area contributed by atoms with E-state index in [4.69, 9.17) is 15.3 Å². The van der Waals surface area contributed by atoms with Crippen molar-refractivity contribution in [3.63, 3.8) is 0 Å². The van der Waals surface area contributed by atoms with E-state index in [1.165, 1.54) is 0 Å². The number of nitrogens with two attached hydrogens (primary N) is 1. The minimum Gasteiger partial charge on any atom is -0.496 e. The van der Waals surface area contributed by atoms with E-state index in [-0.39, 0.29) is 17.9 Å². The molecule has 0 aliphatic carbocycles. The zero-order valence-corrected chi connectivity index (χ0v) is 13.8. The van der Waals surface area contributed by atoms with Crippen molar-refractivity contribution >= 4 is 5.97 Å². The van der Waals surface area contributed by atoms with Crippen LogP contribution in [0.4, 0.5) is 0 Å². The molecule has 0 radical (unpaired) electrons. The number of carbonyl (C=O) groups is 1. The maximum absolute atomic E-state index is 12.0. The Morgan fingerprint density at radius 1 is 1.32 bits per heavy atom. The number of methoxy groups -OCH3 is 1. The van der Waals surface area contributed by atoms with Gasteiger partial charge >= 0.3 is 5.97 Å². The highest BCUT2D eigenvalue weighted by atomic mass is 16.7. The van der Waals surface area contributed by atoms with Crippen LogP contribution in [0.1, 0.15) is 38.7 Å². The highest BCUT2D eigenvalue weighted by Crippen LogP contribution is 2.33. The lowest BCUT2D eigenvalue weighted by Gasteiger charge is -2.36. The molecule has 0 aromatic heterocycles. The predicted octanol–water partition coefficient (Wildman–Crippen LogP) is 2.32. The van der Waals surface area contributed by atoms with Gasteiger partial charge in [0.25, 0.3) is 0 Å². The molecule has 1 heterocycles. The highest BCUT2D eigenvalue weighted by Gasteiger charge is 2.33. The van der Waals surface area contributed by atoms with Crippen molar-refractivity contribution in [1.29, 1.82) is 0 Å². The second-order valence-corrected chi connectivity index (χ2v) is 6.82. The molecule has 0 spiro atoms. The summed E-state index contributed by atoms with van der Waals surface area (Å²) in [4.78, 5) is 17.4. The fourth-order valence-electron chi connectivity index (χ4n) is 2.65. The molecule has 2 N–H and O–H groups in total. The summed E-state index contributed by atoms with van der Waals surface area (Å²) in [6, 6.07) is 7.86. The third-order valence-corrected chi connectivity index (χ3v) is 3.98. The number of ether oxygens (including phenoxy) is 1. The summed E-state index contributed by atoms with van der Waals surface area (Å²) in [6.45, 7) is 6.74. The summed E-state index contributed by atoms with van der Waals surface area (Å²) in [5, 5.41) is 1.68. The van der Waals surface area contributed by atoms with Crippen LogP contribution in [0.3, 0.4) is 0 Å².